The lowest BCUT2D eigenvalue weighted by molar-refractivity contribution is -0.147. The number of rotatable bonds is 5. The number of halogens is 2. The van der Waals surface area contributed by atoms with E-state index in [1.807, 2.05) is 6.92 Å². The van der Waals surface area contributed by atoms with Crippen molar-refractivity contribution < 1.29 is 14.3 Å². The molecule has 1 unspecified atom stereocenters. The Morgan fingerprint density at radius 2 is 1.80 bits per heavy atom. The van der Waals surface area contributed by atoms with E-state index in [1.165, 1.54) is 25.3 Å². The van der Waals surface area contributed by atoms with Crippen LogP contribution in [0, 0.1) is 0 Å². The molecule has 110 valence electrons. The first-order valence-electron chi connectivity index (χ1n) is 6.19. The maximum absolute atomic E-state index is 12.2. The Kier molecular flexibility index (Phi) is 5.84. The van der Waals surface area contributed by atoms with Crippen molar-refractivity contribution in [1.82, 2.24) is 5.32 Å². The normalized spacial score (nSPS) is 13.4. The molecule has 0 aliphatic carbocycles. The fraction of sp³-hybridized carbons (Fsp3) is 0.429. The van der Waals surface area contributed by atoms with Gasteiger partial charge in [-0.05, 0) is 31.5 Å². The van der Waals surface area contributed by atoms with Gasteiger partial charge in [0.15, 0.2) is 0 Å². The molecule has 1 aromatic carbocycles. The maximum Gasteiger partial charge on any atom is 0.331 e. The average molecular weight is 318 g/mol. The Morgan fingerprint density at radius 3 is 2.25 bits per heavy atom. The lowest BCUT2D eigenvalue weighted by atomic mass is 9.95. The fourth-order valence-corrected chi connectivity index (χ4v) is 2.47. The average Bonchev–Trinajstić information content (AvgIpc) is 2.36. The molecule has 0 saturated carbocycles. The van der Waals surface area contributed by atoms with E-state index < -0.39 is 17.4 Å². The molecule has 1 atom stereocenters. The van der Waals surface area contributed by atoms with Crippen LogP contribution in [0.5, 0.6) is 0 Å². The van der Waals surface area contributed by atoms with Crippen LogP contribution in [-0.4, -0.2) is 24.5 Å². The van der Waals surface area contributed by atoms with Crippen LogP contribution in [0.3, 0.4) is 0 Å². The van der Waals surface area contributed by atoms with Gasteiger partial charge in [-0.3, -0.25) is 4.79 Å². The van der Waals surface area contributed by atoms with E-state index in [9.17, 15) is 9.59 Å². The minimum atomic E-state index is -1.07. The van der Waals surface area contributed by atoms with Crippen molar-refractivity contribution in [3.05, 3.63) is 33.8 Å². The van der Waals surface area contributed by atoms with Gasteiger partial charge in [0.2, 0.25) is 0 Å². The summed E-state index contributed by atoms with van der Waals surface area (Å²) in [7, 11) is 1.29. The first-order chi connectivity index (χ1) is 9.32. The van der Waals surface area contributed by atoms with E-state index in [0.29, 0.717) is 22.0 Å². The van der Waals surface area contributed by atoms with Crippen LogP contribution >= 0.6 is 23.2 Å². The van der Waals surface area contributed by atoms with E-state index >= 15 is 0 Å². The third-order valence-corrected chi connectivity index (χ3v) is 3.34. The summed E-state index contributed by atoms with van der Waals surface area (Å²) in [6, 6.07) is 4.52. The number of esters is 1. The van der Waals surface area contributed by atoms with Crippen LogP contribution in [0.4, 0.5) is 0 Å². The number of hydrogen-bond donors (Lipinski definition) is 1. The van der Waals surface area contributed by atoms with Gasteiger partial charge in [-0.25, -0.2) is 4.79 Å². The molecule has 6 heteroatoms. The van der Waals surface area contributed by atoms with E-state index in [2.05, 4.69) is 5.32 Å². The Hall–Kier alpha value is -1.26. The van der Waals surface area contributed by atoms with Crippen molar-refractivity contribution in [3.63, 3.8) is 0 Å². The number of ether oxygens (including phenoxy) is 1. The molecule has 1 rings (SSSR count). The fourth-order valence-electron chi connectivity index (χ4n) is 1.95. The quantitative estimate of drug-likeness (QED) is 0.846. The monoisotopic (exact) mass is 317 g/mol. The molecule has 0 fully saturated rings. The molecule has 0 aliphatic heterocycles. The molecule has 0 heterocycles. The number of carbonyl (C=O) groups is 2. The van der Waals surface area contributed by atoms with Crippen molar-refractivity contribution in [3.8, 4) is 0 Å². The number of carbonyl (C=O) groups excluding carboxylic acids is 2. The Balaban J connectivity index is 2.99. The van der Waals surface area contributed by atoms with Crippen molar-refractivity contribution in [2.45, 2.75) is 32.2 Å². The van der Waals surface area contributed by atoms with Crippen LogP contribution < -0.4 is 5.32 Å². The molecule has 0 aliphatic rings. The minimum Gasteiger partial charge on any atom is -0.467 e. The summed E-state index contributed by atoms with van der Waals surface area (Å²) in [4.78, 5) is 24.1. The van der Waals surface area contributed by atoms with Gasteiger partial charge in [0.05, 0.1) is 7.11 Å². The highest BCUT2D eigenvalue weighted by Crippen LogP contribution is 2.21. The van der Waals surface area contributed by atoms with Gasteiger partial charge < -0.3 is 10.1 Å². The van der Waals surface area contributed by atoms with E-state index in [4.69, 9.17) is 27.9 Å². The smallest absolute Gasteiger partial charge is 0.331 e. The second-order valence-corrected chi connectivity index (χ2v) is 5.56. The third-order valence-electron chi connectivity index (χ3n) is 2.90. The van der Waals surface area contributed by atoms with Gasteiger partial charge in [-0.2, -0.15) is 0 Å². The highest BCUT2D eigenvalue weighted by atomic mass is 35.5. The predicted molar refractivity (Wildman–Crippen MR) is 79.3 cm³/mol. The largest absolute Gasteiger partial charge is 0.467 e. The summed E-state index contributed by atoms with van der Waals surface area (Å²) < 4.78 is 4.75. The molecule has 4 nitrogen and oxygen atoms in total. The molecule has 1 amide bonds. The molecule has 0 saturated heterocycles. The number of methoxy groups -OCH3 is 1. The first kappa shape index (κ1) is 16.8. The van der Waals surface area contributed by atoms with E-state index in [1.54, 1.807) is 6.92 Å². The van der Waals surface area contributed by atoms with Crippen molar-refractivity contribution in [2.24, 2.45) is 0 Å². The zero-order chi connectivity index (χ0) is 15.3. The number of benzene rings is 1. The Labute approximate surface area is 128 Å². The summed E-state index contributed by atoms with van der Waals surface area (Å²) >= 11 is 11.7. The topological polar surface area (TPSA) is 55.4 Å². The Bertz CT molecular complexity index is 499. The van der Waals surface area contributed by atoms with E-state index in [-0.39, 0.29) is 0 Å². The third kappa shape index (κ3) is 4.12. The highest BCUT2D eigenvalue weighted by Gasteiger charge is 2.35. The lowest BCUT2D eigenvalue weighted by Crippen LogP contribution is -2.52. The predicted octanol–water partition coefficient (Wildman–Crippen LogP) is 3.46. The Morgan fingerprint density at radius 1 is 1.25 bits per heavy atom. The molecule has 0 bridgehead atoms. The van der Waals surface area contributed by atoms with Crippen LogP contribution in [0.2, 0.25) is 10.0 Å². The summed E-state index contributed by atoms with van der Waals surface area (Å²) in [5, 5.41) is 3.40. The number of nitrogens with one attached hydrogen (secondary N) is 1. The molecule has 20 heavy (non-hydrogen) atoms. The first-order valence-corrected chi connectivity index (χ1v) is 6.95. The zero-order valence-corrected chi connectivity index (χ0v) is 13.1. The standard InChI is InChI=1S/C14H17Cl2NO3/c1-4-5-14(2,13(19)20-3)17-12(18)9-6-10(15)8-11(16)7-9/h6-8H,4-5H2,1-3H3,(H,17,18). The maximum atomic E-state index is 12.2. The van der Waals surface area contributed by atoms with Gasteiger partial charge in [-0.15, -0.1) is 0 Å². The number of hydrogen-bond acceptors (Lipinski definition) is 3. The van der Waals surface area contributed by atoms with Gasteiger partial charge in [0.1, 0.15) is 5.54 Å². The highest BCUT2D eigenvalue weighted by molar-refractivity contribution is 6.35. The molecule has 0 radical (unpaired) electrons. The molecular formula is C14H17Cl2NO3. The van der Waals surface area contributed by atoms with Gasteiger partial charge >= 0.3 is 5.97 Å². The van der Waals surface area contributed by atoms with Crippen LogP contribution in [-0.2, 0) is 9.53 Å². The number of amides is 1. The molecule has 0 aromatic heterocycles. The minimum absolute atomic E-state index is 0.300. The second-order valence-electron chi connectivity index (χ2n) is 4.69. The SMILES string of the molecule is CCCC(C)(NC(=O)c1cc(Cl)cc(Cl)c1)C(=O)OC. The molecule has 1 aromatic rings. The van der Waals surface area contributed by atoms with Crippen LogP contribution in [0.1, 0.15) is 37.0 Å². The van der Waals surface area contributed by atoms with Gasteiger partial charge in [0.25, 0.3) is 5.91 Å². The zero-order valence-electron chi connectivity index (χ0n) is 11.6. The summed E-state index contributed by atoms with van der Waals surface area (Å²) in [5.41, 5.74) is -0.774. The summed E-state index contributed by atoms with van der Waals surface area (Å²) in [6.07, 6.45) is 1.20. The molecular weight excluding hydrogens is 301 g/mol. The lowest BCUT2D eigenvalue weighted by Gasteiger charge is -2.27. The molecule has 1 N–H and O–H groups in total. The van der Waals surface area contributed by atoms with Crippen LogP contribution in [0.25, 0.3) is 0 Å². The molecule has 0 spiro atoms. The van der Waals surface area contributed by atoms with Crippen LogP contribution in [0.15, 0.2) is 18.2 Å². The second kappa shape index (κ2) is 6.95. The van der Waals surface area contributed by atoms with Crippen molar-refractivity contribution >= 4 is 35.1 Å². The summed E-state index contributed by atoms with van der Waals surface area (Å²) in [6.45, 7) is 3.55. The van der Waals surface area contributed by atoms with Gasteiger partial charge in [-0.1, -0.05) is 36.5 Å². The van der Waals surface area contributed by atoms with Gasteiger partial charge in [0, 0.05) is 15.6 Å². The van der Waals surface area contributed by atoms with Crippen molar-refractivity contribution in [1.29, 1.82) is 0 Å². The van der Waals surface area contributed by atoms with E-state index in [0.717, 1.165) is 6.42 Å². The van der Waals surface area contributed by atoms with Crippen molar-refractivity contribution in [2.75, 3.05) is 7.11 Å². The summed E-state index contributed by atoms with van der Waals surface area (Å²) in [5.74, 6) is -0.906.